The van der Waals surface area contributed by atoms with Crippen molar-refractivity contribution in [3.8, 4) is 0 Å². The molecule has 1 saturated carbocycles. The third kappa shape index (κ3) is 2.66. The zero-order chi connectivity index (χ0) is 14.1. The zero-order valence-electron chi connectivity index (χ0n) is 10.6. The van der Waals surface area contributed by atoms with Gasteiger partial charge < -0.3 is 5.73 Å². The fourth-order valence-corrected chi connectivity index (χ4v) is 2.76. The molecule has 0 atom stereocenters. The first kappa shape index (κ1) is 13.4. The van der Waals surface area contributed by atoms with E-state index in [0.717, 1.165) is 24.6 Å². The predicted octanol–water partition coefficient (Wildman–Crippen LogP) is 1.94. The summed E-state index contributed by atoms with van der Waals surface area (Å²) in [6.45, 7) is 0.352. The Morgan fingerprint density at radius 2 is 2.00 bits per heavy atom. The van der Waals surface area contributed by atoms with Crippen LogP contribution in [0.2, 0.25) is 0 Å². The number of tetrazole rings is 1. The first-order chi connectivity index (χ1) is 9.69. The second-order valence-electron chi connectivity index (χ2n) is 4.67. The van der Waals surface area contributed by atoms with E-state index in [-0.39, 0.29) is 10.9 Å². The van der Waals surface area contributed by atoms with E-state index < -0.39 is 11.6 Å². The molecule has 20 heavy (non-hydrogen) atoms. The summed E-state index contributed by atoms with van der Waals surface area (Å²) in [4.78, 5) is -0.0810. The number of halogens is 2. The molecule has 0 unspecified atom stereocenters. The molecule has 106 valence electrons. The highest BCUT2D eigenvalue weighted by molar-refractivity contribution is 7.99. The summed E-state index contributed by atoms with van der Waals surface area (Å²) in [6, 6.07) is 2.88. The molecule has 1 aliphatic carbocycles. The van der Waals surface area contributed by atoms with E-state index in [4.69, 9.17) is 5.73 Å². The average molecular weight is 297 g/mol. The molecule has 1 fully saturated rings. The van der Waals surface area contributed by atoms with Crippen molar-refractivity contribution >= 4 is 11.8 Å². The first-order valence-corrected chi connectivity index (χ1v) is 7.14. The third-order valence-corrected chi connectivity index (χ3v) is 4.09. The fourth-order valence-electron chi connectivity index (χ4n) is 1.91. The maximum atomic E-state index is 14.0. The lowest BCUT2D eigenvalue weighted by Gasteiger charge is -2.07. The summed E-state index contributed by atoms with van der Waals surface area (Å²) < 4.78 is 29.6. The highest BCUT2D eigenvalue weighted by Crippen LogP contribution is 2.39. The van der Waals surface area contributed by atoms with Gasteiger partial charge in [-0.05, 0) is 65.7 Å². The normalized spacial score (nSPS) is 14.8. The largest absolute Gasteiger partial charge is 0.330 e. The van der Waals surface area contributed by atoms with E-state index in [0.29, 0.717) is 23.7 Å². The van der Waals surface area contributed by atoms with Gasteiger partial charge in [0.15, 0.2) is 0 Å². The number of nitrogens with zero attached hydrogens (tertiary/aromatic N) is 4. The van der Waals surface area contributed by atoms with Gasteiger partial charge in [0.1, 0.15) is 11.6 Å². The van der Waals surface area contributed by atoms with Crippen molar-refractivity contribution in [2.75, 3.05) is 6.54 Å². The van der Waals surface area contributed by atoms with Crippen molar-refractivity contribution in [1.82, 2.24) is 20.2 Å². The summed E-state index contributed by atoms with van der Waals surface area (Å²) in [5.41, 5.74) is 5.94. The Balaban J connectivity index is 1.88. The Morgan fingerprint density at radius 3 is 2.60 bits per heavy atom. The minimum absolute atomic E-state index is 0.0810. The van der Waals surface area contributed by atoms with Gasteiger partial charge >= 0.3 is 0 Å². The fraction of sp³-hybridized carbons (Fsp3) is 0.417. The Bertz CT molecular complexity index is 603. The molecule has 1 aromatic heterocycles. The van der Waals surface area contributed by atoms with E-state index in [2.05, 4.69) is 15.5 Å². The predicted molar refractivity (Wildman–Crippen MR) is 69.3 cm³/mol. The molecule has 0 amide bonds. The number of rotatable bonds is 5. The molecule has 2 aromatic rings. The Kier molecular flexibility index (Phi) is 3.66. The van der Waals surface area contributed by atoms with Gasteiger partial charge in [0.05, 0.1) is 10.9 Å². The third-order valence-electron chi connectivity index (χ3n) is 3.04. The quantitative estimate of drug-likeness (QED) is 0.913. The van der Waals surface area contributed by atoms with E-state index in [1.54, 1.807) is 4.68 Å². The highest BCUT2D eigenvalue weighted by atomic mass is 32.2. The molecule has 0 bridgehead atoms. The van der Waals surface area contributed by atoms with Crippen LogP contribution in [0.3, 0.4) is 0 Å². The number of nitrogens with two attached hydrogens (primary N) is 1. The number of aromatic nitrogens is 4. The van der Waals surface area contributed by atoms with Gasteiger partial charge in [-0.25, -0.2) is 13.5 Å². The second kappa shape index (κ2) is 5.45. The molecule has 0 saturated heterocycles. The van der Waals surface area contributed by atoms with E-state index >= 15 is 0 Å². The number of hydrogen-bond donors (Lipinski definition) is 1. The topological polar surface area (TPSA) is 69.6 Å². The van der Waals surface area contributed by atoms with Crippen molar-refractivity contribution in [3.05, 3.63) is 29.3 Å². The summed E-state index contributed by atoms with van der Waals surface area (Å²) >= 11 is 0.915. The highest BCUT2D eigenvalue weighted by Gasteiger charge is 2.29. The van der Waals surface area contributed by atoms with Crippen molar-refractivity contribution in [2.45, 2.75) is 35.4 Å². The summed E-state index contributed by atoms with van der Waals surface area (Å²) in [5.74, 6) is -1.22. The van der Waals surface area contributed by atoms with Crippen LogP contribution in [0.5, 0.6) is 0 Å². The lowest BCUT2D eigenvalue weighted by atomic mass is 10.1. The van der Waals surface area contributed by atoms with Crippen LogP contribution in [-0.2, 0) is 6.42 Å². The molecule has 0 radical (unpaired) electrons. The van der Waals surface area contributed by atoms with Crippen molar-refractivity contribution < 1.29 is 8.78 Å². The van der Waals surface area contributed by atoms with Crippen LogP contribution in [0, 0.1) is 11.6 Å². The van der Waals surface area contributed by atoms with Gasteiger partial charge in [-0.15, -0.1) is 5.10 Å². The molecule has 1 aromatic carbocycles. The Hall–Kier alpha value is -1.54. The standard InChI is InChI=1S/C12H13F2N5S/c13-9-5-7(3-4-15)6-10(14)11(9)20-12-16-17-18-19(12)8-1-2-8/h5-6,8H,1-4,15H2. The number of benzene rings is 1. The lowest BCUT2D eigenvalue weighted by Crippen LogP contribution is -2.04. The van der Waals surface area contributed by atoms with Crippen LogP contribution in [0.4, 0.5) is 8.78 Å². The Labute approximate surface area is 118 Å². The van der Waals surface area contributed by atoms with Crippen LogP contribution in [-0.4, -0.2) is 26.8 Å². The molecule has 1 aliphatic rings. The molecule has 5 nitrogen and oxygen atoms in total. The Morgan fingerprint density at radius 1 is 1.30 bits per heavy atom. The van der Waals surface area contributed by atoms with Gasteiger partial charge in [0.2, 0.25) is 5.16 Å². The van der Waals surface area contributed by atoms with Gasteiger partial charge in [-0.3, -0.25) is 0 Å². The number of hydrogen-bond acceptors (Lipinski definition) is 5. The summed E-state index contributed by atoms with van der Waals surface area (Å²) in [7, 11) is 0. The molecule has 0 aliphatic heterocycles. The molecule has 1 heterocycles. The van der Waals surface area contributed by atoms with Gasteiger partial charge in [-0.1, -0.05) is 0 Å². The van der Waals surface area contributed by atoms with E-state index in [1.807, 2.05) is 0 Å². The second-order valence-corrected chi connectivity index (χ2v) is 5.64. The molecular formula is C12H13F2N5S. The van der Waals surface area contributed by atoms with Crippen LogP contribution < -0.4 is 5.73 Å². The van der Waals surface area contributed by atoms with Gasteiger partial charge in [-0.2, -0.15) is 0 Å². The molecule has 2 N–H and O–H groups in total. The molecule has 0 spiro atoms. The van der Waals surface area contributed by atoms with Gasteiger partial charge in [0, 0.05) is 0 Å². The molecule has 3 rings (SSSR count). The summed E-state index contributed by atoms with van der Waals surface area (Å²) in [5, 5.41) is 11.7. The van der Waals surface area contributed by atoms with Crippen molar-refractivity contribution in [3.63, 3.8) is 0 Å². The summed E-state index contributed by atoms with van der Waals surface area (Å²) in [6.07, 6.45) is 2.44. The zero-order valence-corrected chi connectivity index (χ0v) is 11.4. The SMILES string of the molecule is NCCc1cc(F)c(Sc2nnnn2C2CC2)c(F)c1. The smallest absolute Gasteiger partial charge is 0.214 e. The average Bonchev–Trinajstić information content (AvgIpc) is 3.14. The molecule has 8 heteroatoms. The van der Waals surface area contributed by atoms with Crippen LogP contribution in [0.15, 0.2) is 22.2 Å². The maximum absolute atomic E-state index is 14.0. The van der Waals surface area contributed by atoms with Crippen molar-refractivity contribution in [2.24, 2.45) is 5.73 Å². The van der Waals surface area contributed by atoms with Crippen LogP contribution >= 0.6 is 11.8 Å². The van der Waals surface area contributed by atoms with Gasteiger partial charge in [0.25, 0.3) is 0 Å². The molecular weight excluding hydrogens is 284 g/mol. The maximum Gasteiger partial charge on any atom is 0.214 e. The lowest BCUT2D eigenvalue weighted by molar-refractivity contribution is 0.533. The van der Waals surface area contributed by atoms with E-state index in [9.17, 15) is 8.78 Å². The van der Waals surface area contributed by atoms with E-state index in [1.165, 1.54) is 12.1 Å². The monoisotopic (exact) mass is 297 g/mol. The van der Waals surface area contributed by atoms with Crippen LogP contribution in [0.25, 0.3) is 0 Å². The van der Waals surface area contributed by atoms with Crippen molar-refractivity contribution in [1.29, 1.82) is 0 Å². The minimum atomic E-state index is -0.608. The first-order valence-electron chi connectivity index (χ1n) is 6.32. The van der Waals surface area contributed by atoms with Crippen LogP contribution in [0.1, 0.15) is 24.4 Å². The minimum Gasteiger partial charge on any atom is -0.330 e.